The Morgan fingerprint density at radius 1 is 1.24 bits per heavy atom. The number of hydrogen-bond donors (Lipinski definition) is 1. The molecule has 7 heteroatoms. The van der Waals surface area contributed by atoms with Gasteiger partial charge in [-0.25, -0.2) is 13.1 Å². The molecule has 0 amide bonds. The van der Waals surface area contributed by atoms with Gasteiger partial charge in [-0.05, 0) is 24.0 Å². The fourth-order valence-electron chi connectivity index (χ4n) is 2.52. The van der Waals surface area contributed by atoms with Gasteiger partial charge in [-0.1, -0.05) is 13.8 Å². The average Bonchev–Trinajstić information content (AvgIpc) is 2.46. The van der Waals surface area contributed by atoms with Gasteiger partial charge in [0.15, 0.2) is 11.5 Å². The molecule has 3 rings (SSSR count). The molecule has 2 atom stereocenters. The number of rotatable bonds is 3. The first kappa shape index (κ1) is 14.9. The number of benzene rings is 1. The third-order valence-corrected chi connectivity index (χ3v) is 6.48. The van der Waals surface area contributed by atoms with Gasteiger partial charge in [0.25, 0.3) is 0 Å². The van der Waals surface area contributed by atoms with E-state index in [-0.39, 0.29) is 21.7 Å². The normalized spacial score (nSPS) is 27.0. The van der Waals surface area contributed by atoms with Gasteiger partial charge in [0.1, 0.15) is 13.2 Å². The molecule has 2 aliphatic rings. The van der Waals surface area contributed by atoms with Crippen molar-refractivity contribution in [2.45, 2.75) is 36.6 Å². The molecule has 1 aromatic carbocycles. The lowest BCUT2D eigenvalue weighted by Crippen LogP contribution is -2.59. The van der Waals surface area contributed by atoms with Crippen LogP contribution in [0.4, 0.5) is 0 Å². The molecular formula is C14H18ClNO4S. The highest BCUT2D eigenvalue weighted by Gasteiger charge is 2.48. The van der Waals surface area contributed by atoms with Gasteiger partial charge in [0, 0.05) is 17.5 Å². The number of ether oxygens (including phenoxy) is 2. The molecule has 21 heavy (non-hydrogen) atoms. The molecule has 5 nitrogen and oxygen atoms in total. The standard InChI is InChI=1S/C14H18ClNO4S/c1-14(2)12(15)8-13(14)16-21(17,18)9-3-4-10-11(7-9)20-6-5-19-10/h3-4,7,12-13,16H,5-6,8H2,1-2H3. The second-order valence-corrected chi connectivity index (χ2v) is 8.24. The molecule has 1 saturated carbocycles. The second-order valence-electron chi connectivity index (χ2n) is 6.00. The predicted octanol–water partition coefficient (Wildman–Crippen LogP) is 2.14. The minimum absolute atomic E-state index is 0.00883. The lowest BCUT2D eigenvalue weighted by Gasteiger charge is -2.48. The molecule has 1 aliphatic carbocycles. The Hall–Kier alpha value is -0.980. The van der Waals surface area contributed by atoms with E-state index in [1.165, 1.54) is 12.1 Å². The first-order chi connectivity index (χ1) is 9.80. The topological polar surface area (TPSA) is 64.6 Å². The summed E-state index contributed by atoms with van der Waals surface area (Å²) in [6.45, 7) is 4.83. The summed E-state index contributed by atoms with van der Waals surface area (Å²) in [5.41, 5.74) is -0.248. The van der Waals surface area contributed by atoms with Gasteiger partial charge in [-0.15, -0.1) is 11.6 Å². The van der Waals surface area contributed by atoms with Gasteiger partial charge in [-0.2, -0.15) is 0 Å². The van der Waals surface area contributed by atoms with Gasteiger partial charge in [0.05, 0.1) is 4.90 Å². The fraction of sp³-hybridized carbons (Fsp3) is 0.571. The molecule has 0 bridgehead atoms. The third kappa shape index (κ3) is 2.60. The highest BCUT2D eigenvalue weighted by Crippen LogP contribution is 2.45. The van der Waals surface area contributed by atoms with Crippen molar-refractivity contribution in [1.29, 1.82) is 0 Å². The molecule has 1 fully saturated rings. The Bertz CT molecular complexity index is 659. The monoisotopic (exact) mass is 331 g/mol. The number of fused-ring (bicyclic) bond motifs is 1. The zero-order valence-electron chi connectivity index (χ0n) is 11.9. The third-order valence-electron chi connectivity index (χ3n) is 4.27. The van der Waals surface area contributed by atoms with Gasteiger partial charge >= 0.3 is 0 Å². The van der Waals surface area contributed by atoms with Gasteiger partial charge in [0.2, 0.25) is 10.0 Å². The van der Waals surface area contributed by atoms with E-state index in [2.05, 4.69) is 4.72 Å². The minimum Gasteiger partial charge on any atom is -0.486 e. The van der Waals surface area contributed by atoms with Gasteiger partial charge < -0.3 is 9.47 Å². The highest BCUT2D eigenvalue weighted by atomic mass is 35.5. The first-order valence-electron chi connectivity index (χ1n) is 6.87. The van der Waals surface area contributed by atoms with Crippen molar-refractivity contribution in [2.24, 2.45) is 5.41 Å². The number of halogens is 1. The molecule has 0 saturated heterocycles. The Morgan fingerprint density at radius 3 is 2.52 bits per heavy atom. The predicted molar refractivity (Wildman–Crippen MR) is 79.6 cm³/mol. The number of alkyl halides is 1. The van der Waals surface area contributed by atoms with Crippen LogP contribution in [0.2, 0.25) is 0 Å². The molecule has 0 aromatic heterocycles. The summed E-state index contributed by atoms with van der Waals surface area (Å²) in [4.78, 5) is 0.181. The van der Waals surface area contributed by atoms with Crippen molar-refractivity contribution in [3.8, 4) is 11.5 Å². The molecule has 1 N–H and O–H groups in total. The smallest absolute Gasteiger partial charge is 0.240 e. The Morgan fingerprint density at radius 2 is 1.90 bits per heavy atom. The Labute approximate surface area is 129 Å². The van der Waals surface area contributed by atoms with Crippen molar-refractivity contribution in [3.05, 3.63) is 18.2 Å². The van der Waals surface area contributed by atoms with Crippen molar-refractivity contribution in [1.82, 2.24) is 4.72 Å². The quantitative estimate of drug-likeness (QED) is 0.862. The van der Waals surface area contributed by atoms with Gasteiger partial charge in [-0.3, -0.25) is 0 Å². The van der Waals surface area contributed by atoms with Crippen LogP contribution in [0, 0.1) is 5.41 Å². The lowest BCUT2D eigenvalue weighted by molar-refractivity contribution is 0.137. The van der Waals surface area contributed by atoms with E-state index in [1.54, 1.807) is 6.07 Å². The van der Waals surface area contributed by atoms with Crippen LogP contribution in [0.3, 0.4) is 0 Å². The first-order valence-corrected chi connectivity index (χ1v) is 8.79. The van der Waals surface area contributed by atoms with E-state index in [4.69, 9.17) is 21.1 Å². The summed E-state index contributed by atoms with van der Waals surface area (Å²) >= 11 is 6.13. The van der Waals surface area contributed by atoms with E-state index in [1.807, 2.05) is 13.8 Å². The molecule has 1 heterocycles. The maximum absolute atomic E-state index is 12.5. The van der Waals surface area contributed by atoms with E-state index in [9.17, 15) is 8.42 Å². The van der Waals surface area contributed by atoms with Crippen molar-refractivity contribution in [3.63, 3.8) is 0 Å². The zero-order valence-corrected chi connectivity index (χ0v) is 13.5. The molecule has 1 aromatic rings. The van der Waals surface area contributed by atoms with Crippen molar-refractivity contribution in [2.75, 3.05) is 13.2 Å². The maximum Gasteiger partial charge on any atom is 0.240 e. The van der Waals surface area contributed by atoms with Crippen LogP contribution < -0.4 is 14.2 Å². The Kier molecular flexibility index (Phi) is 3.58. The van der Waals surface area contributed by atoms with Crippen LogP contribution in [-0.4, -0.2) is 33.1 Å². The summed E-state index contributed by atoms with van der Waals surface area (Å²) in [7, 11) is -3.59. The molecule has 2 unspecified atom stereocenters. The SMILES string of the molecule is CC1(C)C(Cl)CC1NS(=O)(=O)c1ccc2c(c1)OCCO2. The lowest BCUT2D eigenvalue weighted by atomic mass is 9.67. The second kappa shape index (κ2) is 5.04. The van der Waals surface area contributed by atoms with E-state index in [0.717, 1.165) is 0 Å². The Balaban J connectivity index is 1.82. The van der Waals surface area contributed by atoms with Crippen LogP contribution in [0.5, 0.6) is 11.5 Å². The van der Waals surface area contributed by atoms with Crippen LogP contribution in [0.15, 0.2) is 23.1 Å². The summed E-state index contributed by atoms with van der Waals surface area (Å²) in [5, 5.41) is -0.00883. The molecule has 116 valence electrons. The van der Waals surface area contributed by atoms with Crippen molar-refractivity contribution >= 4 is 21.6 Å². The van der Waals surface area contributed by atoms with Crippen LogP contribution in [0.1, 0.15) is 20.3 Å². The summed E-state index contributed by atoms with van der Waals surface area (Å²) < 4.78 is 38.5. The number of nitrogens with one attached hydrogen (secondary N) is 1. The highest BCUT2D eigenvalue weighted by molar-refractivity contribution is 7.89. The van der Waals surface area contributed by atoms with Crippen molar-refractivity contribution < 1.29 is 17.9 Å². The van der Waals surface area contributed by atoms with E-state index >= 15 is 0 Å². The van der Waals surface area contributed by atoms with Crippen LogP contribution in [0.25, 0.3) is 0 Å². The van der Waals surface area contributed by atoms with Crippen LogP contribution >= 0.6 is 11.6 Å². The average molecular weight is 332 g/mol. The number of hydrogen-bond acceptors (Lipinski definition) is 4. The van der Waals surface area contributed by atoms with Crippen LogP contribution in [-0.2, 0) is 10.0 Å². The van der Waals surface area contributed by atoms with E-state index in [0.29, 0.717) is 31.1 Å². The minimum atomic E-state index is -3.59. The largest absolute Gasteiger partial charge is 0.486 e. The zero-order chi connectivity index (χ0) is 15.3. The number of sulfonamides is 1. The fourth-order valence-corrected chi connectivity index (χ4v) is 4.27. The molecule has 1 aliphatic heterocycles. The maximum atomic E-state index is 12.5. The molecule has 0 radical (unpaired) electrons. The molecular weight excluding hydrogens is 314 g/mol. The summed E-state index contributed by atoms with van der Waals surface area (Å²) in [6, 6.07) is 4.50. The molecule has 0 spiro atoms. The summed E-state index contributed by atoms with van der Waals surface area (Å²) in [5.74, 6) is 1.04. The van der Waals surface area contributed by atoms with E-state index < -0.39 is 10.0 Å². The summed E-state index contributed by atoms with van der Waals surface area (Å²) in [6.07, 6.45) is 0.637.